The van der Waals surface area contributed by atoms with Gasteiger partial charge in [-0.3, -0.25) is 4.79 Å². The number of benzene rings is 2. The van der Waals surface area contributed by atoms with E-state index in [1.54, 1.807) is 30.5 Å². The van der Waals surface area contributed by atoms with Gasteiger partial charge >= 0.3 is 0 Å². The van der Waals surface area contributed by atoms with Crippen LogP contribution in [-0.4, -0.2) is 15.8 Å². The highest BCUT2D eigenvalue weighted by molar-refractivity contribution is 6.04. The summed E-state index contributed by atoms with van der Waals surface area (Å²) >= 11 is 0. The zero-order valence-electron chi connectivity index (χ0n) is 14.9. The Bertz CT molecular complexity index is 1140. The first-order chi connectivity index (χ1) is 13.8. The van der Waals surface area contributed by atoms with Gasteiger partial charge in [-0.15, -0.1) is 0 Å². The van der Waals surface area contributed by atoms with Crippen molar-refractivity contribution in [3.63, 3.8) is 0 Å². The molecule has 5 heteroatoms. The molecule has 0 bridgehead atoms. The van der Waals surface area contributed by atoms with Crippen molar-refractivity contribution < 1.29 is 13.9 Å². The van der Waals surface area contributed by atoms with E-state index in [4.69, 9.17) is 9.15 Å². The molecule has 28 heavy (non-hydrogen) atoms. The lowest BCUT2D eigenvalue weighted by molar-refractivity contribution is -0.110. The zero-order valence-corrected chi connectivity index (χ0v) is 14.9. The molecule has 0 radical (unpaired) electrons. The summed E-state index contributed by atoms with van der Waals surface area (Å²) in [6.45, 7) is 0. The molecule has 2 aromatic carbocycles. The monoisotopic (exact) mass is 368 g/mol. The Balaban J connectivity index is 1.43. The molecule has 0 saturated carbocycles. The summed E-state index contributed by atoms with van der Waals surface area (Å²) < 4.78 is 11.0. The number of ether oxygens (including phenoxy) is 1. The molecule has 4 aromatic rings. The van der Waals surface area contributed by atoms with Crippen LogP contribution in [0.2, 0.25) is 0 Å². The second-order valence-corrected chi connectivity index (χ2v) is 5.95. The van der Waals surface area contributed by atoms with Gasteiger partial charge in [0.15, 0.2) is 5.78 Å². The Kier molecular flexibility index (Phi) is 5.06. The SMILES string of the molecule is O=C(C=Cc1ccc(Oc2ncnc3ccccc23)cc1)C=Cc1ccco1. The van der Waals surface area contributed by atoms with Crippen LogP contribution in [0.3, 0.4) is 0 Å². The second-order valence-electron chi connectivity index (χ2n) is 5.95. The molecule has 0 saturated heterocycles. The molecule has 0 aliphatic carbocycles. The largest absolute Gasteiger partial charge is 0.465 e. The van der Waals surface area contributed by atoms with Gasteiger partial charge in [-0.05, 0) is 60.2 Å². The minimum absolute atomic E-state index is 0.121. The van der Waals surface area contributed by atoms with Crippen LogP contribution in [-0.2, 0) is 4.79 Å². The maximum absolute atomic E-state index is 11.9. The minimum Gasteiger partial charge on any atom is -0.465 e. The average Bonchev–Trinajstić information content (AvgIpc) is 3.26. The van der Waals surface area contributed by atoms with E-state index in [-0.39, 0.29) is 5.78 Å². The van der Waals surface area contributed by atoms with Crippen molar-refractivity contribution in [3.05, 3.63) is 96.7 Å². The Labute approximate surface area is 161 Å². The lowest BCUT2D eigenvalue weighted by Gasteiger charge is -2.07. The first-order valence-electron chi connectivity index (χ1n) is 8.69. The van der Waals surface area contributed by atoms with Gasteiger partial charge in [0.05, 0.1) is 17.2 Å². The van der Waals surface area contributed by atoms with Crippen LogP contribution in [0.4, 0.5) is 0 Å². The highest BCUT2D eigenvalue weighted by Crippen LogP contribution is 2.26. The fourth-order valence-corrected chi connectivity index (χ4v) is 2.60. The Morgan fingerprint density at radius 3 is 2.54 bits per heavy atom. The highest BCUT2D eigenvalue weighted by atomic mass is 16.5. The molecule has 0 unspecified atom stereocenters. The molecule has 4 rings (SSSR count). The Morgan fingerprint density at radius 1 is 0.893 bits per heavy atom. The van der Waals surface area contributed by atoms with E-state index in [0.717, 1.165) is 16.5 Å². The van der Waals surface area contributed by atoms with Gasteiger partial charge in [0.1, 0.15) is 17.8 Å². The third-order valence-corrected chi connectivity index (χ3v) is 4.00. The molecule has 0 N–H and O–H groups in total. The lowest BCUT2D eigenvalue weighted by Crippen LogP contribution is -1.91. The van der Waals surface area contributed by atoms with Crippen LogP contribution in [0.15, 0.2) is 89.8 Å². The number of carbonyl (C=O) groups excluding carboxylic acids is 1. The van der Waals surface area contributed by atoms with E-state index in [1.807, 2.05) is 48.5 Å². The molecule has 5 nitrogen and oxygen atoms in total. The number of furan rings is 1. The fourth-order valence-electron chi connectivity index (χ4n) is 2.60. The predicted molar refractivity (Wildman–Crippen MR) is 108 cm³/mol. The molecule has 0 aliphatic rings. The van der Waals surface area contributed by atoms with Crippen LogP contribution in [0.25, 0.3) is 23.1 Å². The van der Waals surface area contributed by atoms with Crippen LogP contribution >= 0.6 is 0 Å². The third-order valence-electron chi connectivity index (χ3n) is 4.00. The van der Waals surface area contributed by atoms with Crippen molar-refractivity contribution in [1.29, 1.82) is 0 Å². The molecular formula is C23H16N2O3. The van der Waals surface area contributed by atoms with Crippen molar-refractivity contribution in [3.8, 4) is 11.6 Å². The van der Waals surface area contributed by atoms with Gasteiger partial charge in [0.2, 0.25) is 5.88 Å². The van der Waals surface area contributed by atoms with Crippen LogP contribution in [0.1, 0.15) is 11.3 Å². The number of hydrogen-bond acceptors (Lipinski definition) is 5. The van der Waals surface area contributed by atoms with Crippen LogP contribution < -0.4 is 4.74 Å². The van der Waals surface area contributed by atoms with Gasteiger partial charge in [0.25, 0.3) is 0 Å². The quantitative estimate of drug-likeness (QED) is 0.432. The number of allylic oxidation sites excluding steroid dienone is 2. The maximum atomic E-state index is 11.9. The lowest BCUT2D eigenvalue weighted by atomic mass is 10.2. The molecular weight excluding hydrogens is 352 g/mol. The first kappa shape index (κ1) is 17.4. The number of hydrogen-bond donors (Lipinski definition) is 0. The van der Waals surface area contributed by atoms with E-state index in [2.05, 4.69) is 9.97 Å². The molecule has 0 amide bonds. The first-order valence-corrected chi connectivity index (χ1v) is 8.69. The summed E-state index contributed by atoms with van der Waals surface area (Å²) in [5, 5.41) is 0.850. The van der Waals surface area contributed by atoms with Crippen molar-refractivity contribution in [2.75, 3.05) is 0 Å². The van der Waals surface area contributed by atoms with Crippen molar-refractivity contribution in [1.82, 2.24) is 9.97 Å². The van der Waals surface area contributed by atoms with Crippen molar-refractivity contribution >= 4 is 28.8 Å². The molecule has 0 spiro atoms. The topological polar surface area (TPSA) is 65.2 Å². The van der Waals surface area contributed by atoms with Gasteiger partial charge in [-0.25, -0.2) is 9.97 Å². The summed E-state index contributed by atoms with van der Waals surface area (Å²) in [6, 6.07) is 18.6. The smallest absolute Gasteiger partial charge is 0.230 e. The van der Waals surface area contributed by atoms with Crippen LogP contribution in [0, 0.1) is 0 Å². The van der Waals surface area contributed by atoms with E-state index >= 15 is 0 Å². The van der Waals surface area contributed by atoms with E-state index in [1.165, 1.54) is 18.5 Å². The number of rotatable bonds is 6. The van der Waals surface area contributed by atoms with Gasteiger partial charge in [-0.1, -0.05) is 30.3 Å². The van der Waals surface area contributed by atoms with Gasteiger partial charge < -0.3 is 9.15 Å². The maximum Gasteiger partial charge on any atom is 0.230 e. The number of fused-ring (bicyclic) bond motifs is 1. The van der Waals surface area contributed by atoms with E-state index in [0.29, 0.717) is 17.4 Å². The highest BCUT2D eigenvalue weighted by Gasteiger charge is 2.05. The van der Waals surface area contributed by atoms with Crippen LogP contribution in [0.5, 0.6) is 11.6 Å². The average molecular weight is 368 g/mol. The summed E-state index contributed by atoms with van der Waals surface area (Å²) in [5.41, 5.74) is 1.72. The normalized spacial score (nSPS) is 11.4. The molecule has 136 valence electrons. The molecule has 2 aromatic heterocycles. The zero-order chi connectivity index (χ0) is 19.2. The van der Waals surface area contributed by atoms with E-state index in [9.17, 15) is 4.79 Å². The predicted octanol–water partition coefficient (Wildman–Crippen LogP) is 5.31. The van der Waals surface area contributed by atoms with Gasteiger partial charge in [0, 0.05) is 0 Å². The Hall–Kier alpha value is -3.99. The molecule has 0 atom stereocenters. The van der Waals surface area contributed by atoms with E-state index < -0.39 is 0 Å². The summed E-state index contributed by atoms with van der Waals surface area (Å²) in [7, 11) is 0. The number of aromatic nitrogens is 2. The number of ketones is 1. The number of para-hydroxylation sites is 1. The summed E-state index contributed by atoms with van der Waals surface area (Å²) in [5.74, 6) is 1.68. The third kappa shape index (κ3) is 4.22. The fraction of sp³-hybridized carbons (Fsp3) is 0. The molecule has 0 aliphatic heterocycles. The summed E-state index contributed by atoms with van der Waals surface area (Å²) in [6.07, 6.45) is 9.40. The second kappa shape index (κ2) is 8.14. The summed E-state index contributed by atoms with van der Waals surface area (Å²) in [4.78, 5) is 20.3. The van der Waals surface area contributed by atoms with Crippen molar-refractivity contribution in [2.45, 2.75) is 0 Å². The Morgan fingerprint density at radius 2 is 1.71 bits per heavy atom. The molecule has 2 heterocycles. The van der Waals surface area contributed by atoms with Gasteiger partial charge in [-0.2, -0.15) is 0 Å². The molecule has 0 fully saturated rings. The number of nitrogens with zero attached hydrogens (tertiary/aromatic N) is 2. The minimum atomic E-state index is -0.121. The standard InChI is InChI=1S/C23H16N2O3/c26-18(11-14-19-4-3-15-27-19)10-7-17-8-12-20(13-9-17)28-23-21-5-1-2-6-22(21)24-16-25-23/h1-16H. The number of carbonyl (C=O) groups is 1. The van der Waals surface area contributed by atoms with Crippen molar-refractivity contribution in [2.24, 2.45) is 0 Å².